The summed E-state index contributed by atoms with van der Waals surface area (Å²) in [6.07, 6.45) is 1.25. The largest absolute Gasteiger partial charge is 0.385 e. The zero-order chi connectivity index (χ0) is 15.2. The molecule has 21 heavy (non-hydrogen) atoms. The second kappa shape index (κ2) is 4.88. The van der Waals surface area contributed by atoms with Gasteiger partial charge in [-0.15, -0.1) is 0 Å². The van der Waals surface area contributed by atoms with Crippen LogP contribution in [0.1, 0.15) is 28.7 Å². The monoisotopic (exact) mass is 292 g/mol. The quantitative estimate of drug-likeness (QED) is 0.793. The number of hydrogen-bond donors (Lipinski definition) is 1. The number of halogens is 3. The number of hydrogen-bond acceptors (Lipinski definition) is 1. The zero-order valence-electron chi connectivity index (χ0n) is 11.6. The van der Waals surface area contributed by atoms with Crippen LogP contribution < -0.4 is 0 Å². The molecular formula is C17H15F3O. The average Bonchev–Trinajstić information content (AvgIpc) is 2.44. The molecule has 0 fully saturated rings. The fourth-order valence-corrected chi connectivity index (χ4v) is 2.98. The van der Waals surface area contributed by atoms with Gasteiger partial charge in [-0.2, -0.15) is 0 Å². The molecule has 0 heterocycles. The van der Waals surface area contributed by atoms with Gasteiger partial charge in [0.05, 0.1) is 5.60 Å². The van der Waals surface area contributed by atoms with Crippen LogP contribution in [0.25, 0.3) is 0 Å². The lowest BCUT2D eigenvalue weighted by molar-refractivity contribution is 0.0215. The average molecular weight is 292 g/mol. The summed E-state index contributed by atoms with van der Waals surface area (Å²) in [5.41, 5.74) is 1.96. The van der Waals surface area contributed by atoms with E-state index in [4.69, 9.17) is 0 Å². The van der Waals surface area contributed by atoms with Crippen LogP contribution in [0.4, 0.5) is 13.2 Å². The predicted molar refractivity (Wildman–Crippen MR) is 73.4 cm³/mol. The molecule has 0 aromatic heterocycles. The number of rotatable bonds is 1. The van der Waals surface area contributed by atoms with E-state index in [0.717, 1.165) is 28.8 Å². The molecule has 0 saturated heterocycles. The molecule has 2 aromatic carbocycles. The van der Waals surface area contributed by atoms with Gasteiger partial charge in [-0.1, -0.05) is 23.8 Å². The second-order valence-electron chi connectivity index (χ2n) is 5.73. The summed E-state index contributed by atoms with van der Waals surface area (Å²) in [6, 6.07) is 7.69. The topological polar surface area (TPSA) is 20.2 Å². The van der Waals surface area contributed by atoms with Gasteiger partial charge in [0.25, 0.3) is 0 Å². The number of fused-ring (bicyclic) bond motifs is 1. The minimum atomic E-state index is -1.51. The molecule has 1 unspecified atom stereocenters. The molecule has 1 atom stereocenters. The Morgan fingerprint density at radius 2 is 1.67 bits per heavy atom. The minimum absolute atomic E-state index is 0.0881. The van der Waals surface area contributed by atoms with E-state index in [0.29, 0.717) is 12.8 Å². The maximum atomic E-state index is 13.4. The first-order chi connectivity index (χ1) is 9.89. The predicted octanol–water partition coefficient (Wildman–Crippen LogP) is 3.79. The second-order valence-corrected chi connectivity index (χ2v) is 5.73. The van der Waals surface area contributed by atoms with E-state index in [1.807, 2.05) is 19.1 Å². The van der Waals surface area contributed by atoms with Gasteiger partial charge in [0.15, 0.2) is 17.5 Å². The molecule has 110 valence electrons. The maximum Gasteiger partial charge on any atom is 0.194 e. The standard InChI is InChI=1S/C17H15F3O/c1-10-2-3-12-9-17(21,5-4-11(12)6-10)13-7-14(18)16(20)15(19)8-13/h2-3,6-8,21H,4-5,9H2,1H3. The van der Waals surface area contributed by atoms with Crippen LogP contribution in [0.2, 0.25) is 0 Å². The Labute approximate surface area is 121 Å². The third-order valence-corrected chi connectivity index (χ3v) is 4.17. The Morgan fingerprint density at radius 1 is 1.00 bits per heavy atom. The summed E-state index contributed by atoms with van der Waals surface area (Å²) in [6.45, 7) is 1.99. The van der Waals surface area contributed by atoms with Crippen molar-refractivity contribution in [1.29, 1.82) is 0 Å². The van der Waals surface area contributed by atoms with E-state index >= 15 is 0 Å². The molecule has 0 radical (unpaired) electrons. The lowest BCUT2D eigenvalue weighted by atomic mass is 9.76. The van der Waals surface area contributed by atoms with Crippen molar-refractivity contribution in [2.24, 2.45) is 0 Å². The normalized spacial score (nSPS) is 21.2. The highest BCUT2D eigenvalue weighted by molar-refractivity contribution is 5.38. The van der Waals surface area contributed by atoms with Gasteiger partial charge >= 0.3 is 0 Å². The first kappa shape index (κ1) is 14.1. The molecule has 1 nitrogen and oxygen atoms in total. The molecular weight excluding hydrogens is 277 g/mol. The SMILES string of the molecule is Cc1ccc2c(c1)CCC(O)(c1cc(F)c(F)c(F)c1)C2. The first-order valence-corrected chi connectivity index (χ1v) is 6.85. The van der Waals surface area contributed by atoms with Gasteiger partial charge in [0.1, 0.15) is 0 Å². The van der Waals surface area contributed by atoms with Gasteiger partial charge in [-0.3, -0.25) is 0 Å². The lowest BCUT2D eigenvalue weighted by Gasteiger charge is -2.34. The molecule has 1 N–H and O–H groups in total. The summed E-state index contributed by atoms with van der Waals surface area (Å²) in [7, 11) is 0. The Hall–Kier alpha value is -1.81. The number of aryl methyl sites for hydroxylation is 2. The van der Waals surface area contributed by atoms with Crippen LogP contribution in [-0.4, -0.2) is 5.11 Å². The van der Waals surface area contributed by atoms with Crippen LogP contribution >= 0.6 is 0 Å². The number of aliphatic hydroxyl groups is 1. The summed E-state index contributed by atoms with van der Waals surface area (Å²) in [5, 5.41) is 10.7. The molecule has 0 bridgehead atoms. The maximum absolute atomic E-state index is 13.4. The summed E-state index contributed by atoms with van der Waals surface area (Å²) in [5.74, 6) is -4.05. The summed E-state index contributed by atoms with van der Waals surface area (Å²) in [4.78, 5) is 0. The van der Waals surface area contributed by atoms with Crippen molar-refractivity contribution >= 4 is 0 Å². The summed E-state index contributed by atoms with van der Waals surface area (Å²) < 4.78 is 39.8. The third kappa shape index (κ3) is 2.44. The molecule has 0 spiro atoms. The van der Waals surface area contributed by atoms with E-state index in [1.54, 1.807) is 0 Å². The fourth-order valence-electron chi connectivity index (χ4n) is 2.98. The van der Waals surface area contributed by atoms with Crippen LogP contribution in [0, 0.1) is 24.4 Å². The molecule has 0 amide bonds. The highest BCUT2D eigenvalue weighted by atomic mass is 19.2. The van der Waals surface area contributed by atoms with Crippen LogP contribution in [0.15, 0.2) is 30.3 Å². The van der Waals surface area contributed by atoms with Crippen molar-refractivity contribution < 1.29 is 18.3 Å². The molecule has 2 aromatic rings. The van der Waals surface area contributed by atoms with Crippen molar-refractivity contribution in [2.75, 3.05) is 0 Å². The molecule has 0 aliphatic heterocycles. The van der Waals surface area contributed by atoms with E-state index in [-0.39, 0.29) is 12.0 Å². The summed E-state index contributed by atoms with van der Waals surface area (Å²) >= 11 is 0. The Balaban J connectivity index is 2.01. The minimum Gasteiger partial charge on any atom is -0.385 e. The molecule has 3 rings (SSSR count). The molecule has 0 saturated carbocycles. The smallest absolute Gasteiger partial charge is 0.194 e. The first-order valence-electron chi connectivity index (χ1n) is 6.85. The highest BCUT2D eigenvalue weighted by Crippen LogP contribution is 2.37. The van der Waals surface area contributed by atoms with Crippen molar-refractivity contribution in [1.82, 2.24) is 0 Å². The van der Waals surface area contributed by atoms with E-state index in [2.05, 4.69) is 6.07 Å². The van der Waals surface area contributed by atoms with Crippen LogP contribution in [0.3, 0.4) is 0 Å². The van der Waals surface area contributed by atoms with E-state index in [9.17, 15) is 18.3 Å². The third-order valence-electron chi connectivity index (χ3n) is 4.17. The Morgan fingerprint density at radius 3 is 2.33 bits per heavy atom. The van der Waals surface area contributed by atoms with Gasteiger partial charge in [-0.05, 0) is 48.6 Å². The van der Waals surface area contributed by atoms with Gasteiger partial charge in [-0.25, -0.2) is 13.2 Å². The van der Waals surface area contributed by atoms with E-state index in [1.165, 1.54) is 0 Å². The van der Waals surface area contributed by atoms with Crippen molar-refractivity contribution in [2.45, 2.75) is 31.8 Å². The van der Waals surface area contributed by atoms with Crippen LogP contribution in [-0.2, 0) is 18.4 Å². The zero-order valence-corrected chi connectivity index (χ0v) is 11.6. The molecule has 4 heteroatoms. The van der Waals surface area contributed by atoms with Crippen molar-refractivity contribution in [3.05, 3.63) is 70.0 Å². The Bertz CT molecular complexity index is 688. The van der Waals surface area contributed by atoms with Crippen LogP contribution in [0.5, 0.6) is 0 Å². The van der Waals surface area contributed by atoms with Crippen molar-refractivity contribution in [3.8, 4) is 0 Å². The molecule has 1 aliphatic carbocycles. The Kier molecular flexibility index (Phi) is 3.29. The van der Waals surface area contributed by atoms with Crippen molar-refractivity contribution in [3.63, 3.8) is 0 Å². The highest BCUT2D eigenvalue weighted by Gasteiger charge is 2.35. The van der Waals surface area contributed by atoms with Gasteiger partial charge in [0, 0.05) is 6.42 Å². The lowest BCUT2D eigenvalue weighted by Crippen LogP contribution is -2.33. The van der Waals surface area contributed by atoms with Gasteiger partial charge < -0.3 is 5.11 Å². The number of benzene rings is 2. The van der Waals surface area contributed by atoms with Gasteiger partial charge in [0.2, 0.25) is 0 Å². The molecule has 1 aliphatic rings. The van der Waals surface area contributed by atoms with E-state index < -0.39 is 23.1 Å². The fraction of sp³-hybridized carbons (Fsp3) is 0.294.